The lowest BCUT2D eigenvalue weighted by molar-refractivity contribution is -0.115. The Morgan fingerprint density at radius 2 is 2.08 bits per heavy atom. The average molecular weight is 369 g/mol. The lowest BCUT2D eigenvalue weighted by Crippen LogP contribution is -2.11. The standard InChI is InChI=1S/C18H15N3O2S2/c1-11-6-7-13-15(10-11)25-17(19-13)21-16(22)8-9-24-18-20-12-4-2-3-5-14(12)23-18/h2-7,10H,8-9H2,1H3,(H,19,21,22). The molecule has 25 heavy (non-hydrogen) atoms. The summed E-state index contributed by atoms with van der Waals surface area (Å²) >= 11 is 2.93. The van der Waals surface area contributed by atoms with E-state index in [4.69, 9.17) is 4.42 Å². The zero-order chi connectivity index (χ0) is 17.2. The molecule has 2 aromatic heterocycles. The molecule has 0 radical (unpaired) electrons. The summed E-state index contributed by atoms with van der Waals surface area (Å²) < 4.78 is 6.71. The third-order valence-electron chi connectivity index (χ3n) is 3.62. The van der Waals surface area contributed by atoms with Gasteiger partial charge in [0, 0.05) is 12.2 Å². The van der Waals surface area contributed by atoms with Gasteiger partial charge in [-0.25, -0.2) is 9.97 Å². The van der Waals surface area contributed by atoms with Gasteiger partial charge < -0.3 is 9.73 Å². The van der Waals surface area contributed by atoms with E-state index in [0.29, 0.717) is 22.5 Å². The number of nitrogens with zero attached hydrogens (tertiary/aromatic N) is 2. The number of amides is 1. The monoisotopic (exact) mass is 369 g/mol. The highest BCUT2D eigenvalue weighted by Gasteiger charge is 2.10. The van der Waals surface area contributed by atoms with Gasteiger partial charge in [-0.05, 0) is 36.8 Å². The van der Waals surface area contributed by atoms with Crippen molar-refractivity contribution in [3.63, 3.8) is 0 Å². The molecule has 126 valence electrons. The number of aryl methyl sites for hydroxylation is 1. The Morgan fingerprint density at radius 3 is 2.96 bits per heavy atom. The number of hydrogen-bond donors (Lipinski definition) is 1. The Labute approximate surface area is 152 Å². The minimum atomic E-state index is -0.0561. The molecular weight excluding hydrogens is 354 g/mol. The predicted molar refractivity (Wildman–Crippen MR) is 102 cm³/mol. The van der Waals surface area contributed by atoms with Crippen LogP contribution in [0.2, 0.25) is 0 Å². The van der Waals surface area contributed by atoms with Crippen LogP contribution in [0.3, 0.4) is 0 Å². The van der Waals surface area contributed by atoms with Gasteiger partial charge in [-0.15, -0.1) is 0 Å². The van der Waals surface area contributed by atoms with Crippen molar-refractivity contribution < 1.29 is 9.21 Å². The number of anilines is 1. The fraction of sp³-hybridized carbons (Fsp3) is 0.167. The van der Waals surface area contributed by atoms with Gasteiger partial charge in [0.25, 0.3) is 5.22 Å². The summed E-state index contributed by atoms with van der Waals surface area (Å²) in [5.41, 5.74) is 3.69. The molecule has 7 heteroatoms. The summed E-state index contributed by atoms with van der Waals surface area (Å²) in [6.45, 7) is 2.04. The Kier molecular flexibility index (Phi) is 4.42. The maximum atomic E-state index is 12.1. The Balaban J connectivity index is 1.33. The highest BCUT2D eigenvalue weighted by atomic mass is 32.2. The zero-order valence-electron chi connectivity index (χ0n) is 13.5. The van der Waals surface area contributed by atoms with Crippen LogP contribution in [0.4, 0.5) is 5.13 Å². The Morgan fingerprint density at radius 1 is 1.20 bits per heavy atom. The molecule has 0 atom stereocenters. The Hall–Kier alpha value is -2.38. The highest BCUT2D eigenvalue weighted by molar-refractivity contribution is 7.99. The van der Waals surface area contributed by atoms with Crippen molar-refractivity contribution in [2.24, 2.45) is 0 Å². The molecule has 0 saturated heterocycles. The van der Waals surface area contributed by atoms with Crippen LogP contribution in [0.5, 0.6) is 0 Å². The summed E-state index contributed by atoms with van der Waals surface area (Å²) in [5.74, 6) is 0.544. The van der Waals surface area contributed by atoms with Gasteiger partial charge in [0.05, 0.1) is 10.2 Å². The molecule has 0 unspecified atom stereocenters. The van der Waals surface area contributed by atoms with Crippen LogP contribution in [0.1, 0.15) is 12.0 Å². The molecule has 4 aromatic rings. The third-order valence-corrected chi connectivity index (χ3v) is 5.38. The number of carbonyl (C=O) groups excluding carboxylic acids is 1. The summed E-state index contributed by atoms with van der Waals surface area (Å²) in [6, 6.07) is 13.7. The van der Waals surface area contributed by atoms with Gasteiger partial charge in [0.2, 0.25) is 5.91 Å². The smallest absolute Gasteiger partial charge is 0.256 e. The van der Waals surface area contributed by atoms with E-state index in [1.165, 1.54) is 28.7 Å². The average Bonchev–Trinajstić information content (AvgIpc) is 3.17. The van der Waals surface area contributed by atoms with Gasteiger partial charge in [0.1, 0.15) is 5.52 Å². The molecule has 5 nitrogen and oxygen atoms in total. The summed E-state index contributed by atoms with van der Waals surface area (Å²) in [7, 11) is 0. The maximum absolute atomic E-state index is 12.1. The van der Waals surface area contributed by atoms with Crippen molar-refractivity contribution in [1.82, 2.24) is 9.97 Å². The zero-order valence-corrected chi connectivity index (χ0v) is 15.1. The molecule has 0 aliphatic rings. The number of rotatable bonds is 5. The SMILES string of the molecule is Cc1ccc2nc(NC(=O)CCSc3nc4ccccc4o3)sc2c1. The quantitative estimate of drug-likeness (QED) is 0.509. The van der Waals surface area contributed by atoms with E-state index in [2.05, 4.69) is 21.4 Å². The van der Waals surface area contributed by atoms with Gasteiger partial charge in [0.15, 0.2) is 10.7 Å². The number of thioether (sulfide) groups is 1. The molecular formula is C18H15N3O2S2. The molecule has 2 heterocycles. The van der Waals surface area contributed by atoms with E-state index in [1.54, 1.807) is 0 Å². The largest absolute Gasteiger partial charge is 0.431 e. The second-order valence-corrected chi connectivity index (χ2v) is 7.66. The number of fused-ring (bicyclic) bond motifs is 2. The van der Waals surface area contributed by atoms with Crippen molar-refractivity contribution in [3.05, 3.63) is 48.0 Å². The van der Waals surface area contributed by atoms with Gasteiger partial charge in [-0.2, -0.15) is 0 Å². The molecule has 1 N–H and O–H groups in total. The predicted octanol–water partition coefficient (Wildman–Crippen LogP) is 4.87. The van der Waals surface area contributed by atoms with E-state index in [0.717, 1.165) is 21.3 Å². The fourth-order valence-corrected chi connectivity index (χ4v) is 4.16. The lowest BCUT2D eigenvalue weighted by Gasteiger charge is -1.99. The van der Waals surface area contributed by atoms with Crippen LogP contribution >= 0.6 is 23.1 Å². The number of benzene rings is 2. The lowest BCUT2D eigenvalue weighted by atomic mass is 10.2. The first-order chi connectivity index (χ1) is 12.2. The number of hydrogen-bond acceptors (Lipinski definition) is 6. The molecule has 2 aromatic carbocycles. The van der Waals surface area contributed by atoms with Crippen LogP contribution in [0.25, 0.3) is 21.3 Å². The van der Waals surface area contributed by atoms with Crippen LogP contribution < -0.4 is 5.32 Å². The van der Waals surface area contributed by atoms with E-state index in [1.807, 2.05) is 43.3 Å². The van der Waals surface area contributed by atoms with E-state index in [9.17, 15) is 4.79 Å². The van der Waals surface area contributed by atoms with E-state index in [-0.39, 0.29) is 5.91 Å². The van der Waals surface area contributed by atoms with Gasteiger partial charge >= 0.3 is 0 Å². The Bertz CT molecular complexity index is 1020. The highest BCUT2D eigenvalue weighted by Crippen LogP contribution is 2.27. The second-order valence-electron chi connectivity index (χ2n) is 5.58. The fourth-order valence-electron chi connectivity index (χ4n) is 2.41. The molecule has 1 amide bonds. The number of nitrogens with one attached hydrogen (secondary N) is 1. The first-order valence-electron chi connectivity index (χ1n) is 7.83. The van der Waals surface area contributed by atoms with Crippen molar-refractivity contribution in [1.29, 1.82) is 0 Å². The number of carbonyl (C=O) groups is 1. The molecule has 0 aliphatic carbocycles. The number of oxazole rings is 1. The maximum Gasteiger partial charge on any atom is 0.256 e. The van der Waals surface area contributed by atoms with E-state index >= 15 is 0 Å². The summed E-state index contributed by atoms with van der Waals surface area (Å²) in [6.07, 6.45) is 0.373. The molecule has 4 rings (SSSR count). The third kappa shape index (κ3) is 3.67. The van der Waals surface area contributed by atoms with Crippen LogP contribution in [-0.2, 0) is 4.79 Å². The van der Waals surface area contributed by atoms with Crippen molar-refractivity contribution in [2.75, 3.05) is 11.1 Å². The van der Waals surface area contributed by atoms with Crippen molar-refractivity contribution in [2.45, 2.75) is 18.6 Å². The minimum absolute atomic E-state index is 0.0561. The topological polar surface area (TPSA) is 68.0 Å². The number of aromatic nitrogens is 2. The summed E-state index contributed by atoms with van der Waals surface area (Å²) in [4.78, 5) is 20.9. The minimum Gasteiger partial charge on any atom is -0.431 e. The molecule has 0 saturated carbocycles. The molecule has 0 fully saturated rings. The molecule has 0 bridgehead atoms. The summed E-state index contributed by atoms with van der Waals surface area (Å²) in [5, 5.41) is 4.09. The van der Waals surface area contributed by atoms with Gasteiger partial charge in [-0.3, -0.25) is 4.79 Å². The normalized spacial score (nSPS) is 11.2. The van der Waals surface area contributed by atoms with Crippen LogP contribution in [0.15, 0.2) is 52.1 Å². The number of para-hydroxylation sites is 2. The molecule has 0 aliphatic heterocycles. The number of thiazole rings is 1. The first-order valence-corrected chi connectivity index (χ1v) is 9.63. The second kappa shape index (κ2) is 6.85. The van der Waals surface area contributed by atoms with E-state index < -0.39 is 0 Å². The van der Waals surface area contributed by atoms with Crippen LogP contribution in [-0.4, -0.2) is 21.6 Å². The van der Waals surface area contributed by atoms with Crippen LogP contribution in [0, 0.1) is 6.92 Å². The first kappa shape index (κ1) is 16.1. The van der Waals surface area contributed by atoms with Crippen molar-refractivity contribution in [3.8, 4) is 0 Å². The molecule has 0 spiro atoms. The van der Waals surface area contributed by atoms with Gasteiger partial charge in [-0.1, -0.05) is 41.3 Å². The van der Waals surface area contributed by atoms with Crippen molar-refractivity contribution >= 4 is 55.5 Å².